The number of rotatable bonds is 4. The van der Waals surface area contributed by atoms with Crippen molar-refractivity contribution in [2.75, 3.05) is 7.11 Å². The molecule has 29 heavy (non-hydrogen) atoms. The molecule has 1 aliphatic rings. The van der Waals surface area contributed by atoms with E-state index in [2.05, 4.69) is 5.32 Å². The van der Waals surface area contributed by atoms with Gasteiger partial charge in [-0.15, -0.1) is 0 Å². The number of methoxy groups -OCH3 is 1. The quantitative estimate of drug-likeness (QED) is 0.651. The highest BCUT2D eigenvalue weighted by Crippen LogP contribution is 2.45. The van der Waals surface area contributed by atoms with Gasteiger partial charge in [-0.25, -0.2) is 4.79 Å². The van der Waals surface area contributed by atoms with Crippen molar-refractivity contribution < 1.29 is 32.6 Å². The average molecular weight is 429 g/mol. The van der Waals surface area contributed by atoms with E-state index in [0.717, 1.165) is 0 Å². The van der Waals surface area contributed by atoms with Crippen molar-refractivity contribution in [2.45, 2.75) is 17.9 Å². The summed E-state index contributed by atoms with van der Waals surface area (Å²) in [5.41, 5.74) is -3.81. The van der Waals surface area contributed by atoms with Crippen LogP contribution in [0.1, 0.15) is 22.0 Å². The van der Waals surface area contributed by atoms with E-state index in [4.69, 9.17) is 16.3 Å². The van der Waals surface area contributed by atoms with Gasteiger partial charge in [0.1, 0.15) is 11.7 Å². The molecule has 1 aliphatic heterocycles. The smallest absolute Gasteiger partial charge is 0.437 e. The van der Waals surface area contributed by atoms with E-state index in [1.807, 2.05) is 0 Å². The second-order valence-corrected chi connectivity index (χ2v) is 6.87. The first-order valence-electron chi connectivity index (χ1n) is 8.39. The molecule has 154 valence electrons. The third-order valence-corrected chi connectivity index (χ3v) is 4.94. The molecule has 0 radical (unpaired) electrons. The van der Waals surface area contributed by atoms with E-state index in [9.17, 15) is 27.9 Å². The van der Waals surface area contributed by atoms with Crippen molar-refractivity contribution in [2.24, 2.45) is 5.92 Å². The molecule has 3 N–H and O–H groups in total. The normalized spacial score (nSPS) is 24.4. The maximum Gasteiger partial charge on any atom is 0.437 e. The minimum Gasteiger partial charge on any atom is -0.496 e. The highest BCUT2D eigenvalue weighted by molar-refractivity contribution is 6.30. The molecule has 1 fully saturated rings. The fourth-order valence-electron chi connectivity index (χ4n) is 3.32. The van der Waals surface area contributed by atoms with Crippen LogP contribution in [0.5, 0.6) is 5.75 Å². The van der Waals surface area contributed by atoms with Crippen LogP contribution in [0.3, 0.4) is 0 Å². The molecule has 1 saturated heterocycles. The fourth-order valence-corrected chi connectivity index (χ4v) is 3.44. The molecule has 3 atom stereocenters. The molecular weight excluding hydrogens is 413 g/mol. The fraction of sp³-hybridized carbons (Fsp3) is 0.263. The molecule has 6 nitrogen and oxygen atoms in total. The Balaban J connectivity index is 2.20. The van der Waals surface area contributed by atoms with Crippen LogP contribution >= 0.6 is 11.6 Å². The molecular formula is C19H16ClF3N2O4. The molecule has 2 amide bonds. The topological polar surface area (TPSA) is 87.7 Å². The van der Waals surface area contributed by atoms with Crippen LogP contribution in [0.25, 0.3) is 0 Å². The number of carbonyl (C=O) groups excluding carboxylic acids is 2. The maximum absolute atomic E-state index is 13.9. The Kier molecular flexibility index (Phi) is 5.46. The van der Waals surface area contributed by atoms with E-state index in [1.54, 1.807) is 6.07 Å². The number of urea groups is 1. The third kappa shape index (κ3) is 3.75. The molecule has 0 aliphatic carbocycles. The van der Waals surface area contributed by atoms with Gasteiger partial charge < -0.3 is 20.5 Å². The van der Waals surface area contributed by atoms with Crippen LogP contribution in [-0.2, 0) is 0 Å². The number of nitrogens with one attached hydrogen (secondary N) is 2. The number of ketones is 1. The summed E-state index contributed by atoms with van der Waals surface area (Å²) in [6, 6.07) is 8.36. The Morgan fingerprint density at radius 2 is 1.79 bits per heavy atom. The van der Waals surface area contributed by atoms with E-state index >= 15 is 0 Å². The lowest BCUT2D eigenvalue weighted by Crippen LogP contribution is -2.72. The van der Waals surface area contributed by atoms with Gasteiger partial charge in [0, 0.05) is 16.1 Å². The number of hydrogen-bond acceptors (Lipinski definition) is 4. The zero-order valence-electron chi connectivity index (χ0n) is 15.0. The summed E-state index contributed by atoms with van der Waals surface area (Å²) in [7, 11) is 1.30. The summed E-state index contributed by atoms with van der Waals surface area (Å²) in [6.07, 6.45) is -5.34. The number of halogens is 4. The minimum atomic E-state index is -5.34. The first-order chi connectivity index (χ1) is 13.6. The van der Waals surface area contributed by atoms with E-state index < -0.39 is 35.7 Å². The zero-order chi connectivity index (χ0) is 21.4. The predicted octanol–water partition coefficient (Wildman–Crippen LogP) is 3.45. The van der Waals surface area contributed by atoms with E-state index in [-0.39, 0.29) is 21.9 Å². The van der Waals surface area contributed by atoms with Crippen LogP contribution in [0.2, 0.25) is 5.02 Å². The predicted molar refractivity (Wildman–Crippen MR) is 97.7 cm³/mol. The first kappa shape index (κ1) is 20.9. The standard InChI is InChI=1S/C19H16ClF3N2O4/c1-29-13-5-3-2-4-12(13)15-14(16(26)10-6-8-11(20)9-7-10)18(28,19(21,22)23)25-17(27)24-15/h2-9,14-15,28H,1H3,(H2,24,25,27)/t14-,15-,18-/m0/s1. The number of amides is 2. The van der Waals surface area contributed by atoms with Crippen molar-refractivity contribution in [1.82, 2.24) is 10.6 Å². The Morgan fingerprint density at radius 3 is 2.38 bits per heavy atom. The summed E-state index contributed by atoms with van der Waals surface area (Å²) < 4.78 is 46.8. The number of hydrogen-bond donors (Lipinski definition) is 3. The second-order valence-electron chi connectivity index (χ2n) is 6.43. The molecule has 10 heteroatoms. The van der Waals surface area contributed by atoms with E-state index in [1.165, 1.54) is 54.9 Å². The monoisotopic (exact) mass is 428 g/mol. The third-order valence-electron chi connectivity index (χ3n) is 4.69. The lowest BCUT2D eigenvalue weighted by Gasteiger charge is -2.45. The Bertz CT molecular complexity index is 936. The van der Waals surface area contributed by atoms with Crippen molar-refractivity contribution in [3.05, 3.63) is 64.7 Å². The number of alkyl halides is 3. The number of aliphatic hydroxyl groups is 1. The van der Waals surface area contributed by atoms with E-state index in [0.29, 0.717) is 0 Å². The summed E-state index contributed by atoms with van der Waals surface area (Å²) >= 11 is 5.79. The van der Waals surface area contributed by atoms with Gasteiger partial charge in [0.2, 0.25) is 5.72 Å². The minimum absolute atomic E-state index is 0.111. The zero-order valence-corrected chi connectivity index (χ0v) is 15.7. The number of carbonyl (C=O) groups is 2. The van der Waals surface area contributed by atoms with Crippen LogP contribution in [0, 0.1) is 5.92 Å². The largest absolute Gasteiger partial charge is 0.496 e. The molecule has 2 aromatic carbocycles. The van der Waals surface area contributed by atoms with Gasteiger partial charge in [0.15, 0.2) is 5.78 Å². The Hall–Kier alpha value is -2.78. The Morgan fingerprint density at radius 1 is 1.17 bits per heavy atom. The van der Waals surface area contributed by atoms with Gasteiger partial charge in [-0.2, -0.15) is 13.2 Å². The van der Waals surface area contributed by atoms with Gasteiger partial charge in [0.05, 0.1) is 13.2 Å². The van der Waals surface area contributed by atoms with Crippen LogP contribution in [-0.4, -0.2) is 35.9 Å². The Labute approximate surface area is 168 Å². The van der Waals surface area contributed by atoms with Crippen molar-refractivity contribution >= 4 is 23.4 Å². The van der Waals surface area contributed by atoms with Gasteiger partial charge in [0.25, 0.3) is 0 Å². The van der Waals surface area contributed by atoms with Gasteiger partial charge in [-0.1, -0.05) is 29.8 Å². The van der Waals surface area contributed by atoms with Crippen molar-refractivity contribution in [3.8, 4) is 5.75 Å². The van der Waals surface area contributed by atoms with Gasteiger partial charge in [-0.05, 0) is 30.3 Å². The summed E-state index contributed by atoms with van der Waals surface area (Å²) in [5, 5.41) is 14.6. The molecule has 3 rings (SSSR count). The summed E-state index contributed by atoms with van der Waals surface area (Å²) in [5.74, 6) is -3.03. The number of Topliss-reactive ketones (excluding diaryl/α,β-unsaturated/α-hetero) is 1. The number of para-hydroxylation sites is 1. The molecule has 2 aromatic rings. The number of benzene rings is 2. The molecule has 0 spiro atoms. The lowest BCUT2D eigenvalue weighted by molar-refractivity contribution is -0.287. The van der Waals surface area contributed by atoms with Gasteiger partial charge >= 0.3 is 12.2 Å². The van der Waals surface area contributed by atoms with Crippen molar-refractivity contribution in [1.29, 1.82) is 0 Å². The lowest BCUT2D eigenvalue weighted by atomic mass is 9.77. The summed E-state index contributed by atoms with van der Waals surface area (Å²) in [6.45, 7) is 0. The molecule has 0 bridgehead atoms. The molecule has 1 heterocycles. The molecule has 0 unspecified atom stereocenters. The van der Waals surface area contributed by atoms with Crippen LogP contribution in [0.4, 0.5) is 18.0 Å². The van der Waals surface area contributed by atoms with Crippen LogP contribution < -0.4 is 15.4 Å². The second kappa shape index (κ2) is 7.57. The van der Waals surface area contributed by atoms with Crippen LogP contribution in [0.15, 0.2) is 48.5 Å². The van der Waals surface area contributed by atoms with Crippen molar-refractivity contribution in [3.63, 3.8) is 0 Å². The van der Waals surface area contributed by atoms with Gasteiger partial charge in [-0.3, -0.25) is 4.79 Å². The maximum atomic E-state index is 13.9. The molecule has 0 aromatic heterocycles. The SMILES string of the molecule is COc1ccccc1[C@@H]1NC(=O)N[C@@](O)(C(F)(F)F)[C@@H]1C(=O)c1ccc(Cl)cc1. The summed E-state index contributed by atoms with van der Waals surface area (Å²) in [4.78, 5) is 25.1. The first-order valence-corrected chi connectivity index (χ1v) is 8.76. The number of ether oxygens (including phenoxy) is 1. The highest BCUT2D eigenvalue weighted by atomic mass is 35.5. The average Bonchev–Trinajstić information content (AvgIpc) is 2.66. The molecule has 0 saturated carbocycles. The highest BCUT2D eigenvalue weighted by Gasteiger charge is 2.66.